The van der Waals surface area contributed by atoms with E-state index >= 15 is 0 Å². The van der Waals surface area contributed by atoms with Crippen LogP contribution in [-0.4, -0.2) is 49.8 Å². The number of aliphatic hydroxyl groups excluding tert-OH is 1. The molecular weight excluding hydrogens is 128 g/mol. The van der Waals surface area contributed by atoms with E-state index in [9.17, 15) is 0 Å². The molecule has 0 saturated heterocycles. The summed E-state index contributed by atoms with van der Waals surface area (Å²) in [7, 11) is 1.94. The molecule has 62 valence electrons. The average Bonchev–Trinajstić information content (AvgIpc) is 1.98. The van der Waals surface area contributed by atoms with Gasteiger partial charge in [-0.05, 0) is 13.6 Å². The first-order valence-corrected chi connectivity index (χ1v) is 3.83. The lowest BCUT2D eigenvalue weighted by Gasteiger charge is -2.18. The Hall–Kier alpha value is -0.120. The van der Waals surface area contributed by atoms with Crippen LogP contribution < -0.4 is 5.32 Å². The largest absolute Gasteiger partial charge is 0.395 e. The second-order valence-electron chi connectivity index (χ2n) is 2.26. The van der Waals surface area contributed by atoms with E-state index in [4.69, 9.17) is 5.11 Å². The van der Waals surface area contributed by atoms with Crippen molar-refractivity contribution in [1.82, 2.24) is 10.2 Å². The van der Waals surface area contributed by atoms with Crippen molar-refractivity contribution in [2.75, 3.05) is 39.8 Å². The molecule has 0 spiro atoms. The van der Waals surface area contributed by atoms with Gasteiger partial charge in [0.15, 0.2) is 0 Å². The summed E-state index contributed by atoms with van der Waals surface area (Å²) in [6.45, 7) is 6.19. The fraction of sp³-hybridized carbons (Fsp3) is 1.00. The van der Waals surface area contributed by atoms with E-state index in [1.54, 1.807) is 0 Å². The predicted octanol–water partition coefficient (Wildman–Crippen LogP) is -0.480. The zero-order valence-electron chi connectivity index (χ0n) is 6.93. The summed E-state index contributed by atoms with van der Waals surface area (Å²) in [4.78, 5) is 2.20. The van der Waals surface area contributed by atoms with Gasteiger partial charge in [-0.1, -0.05) is 6.92 Å². The number of hydrogen-bond acceptors (Lipinski definition) is 3. The Balaban J connectivity index is 3.21. The normalized spacial score (nSPS) is 10.8. The molecular formula is C7H18N2O. The van der Waals surface area contributed by atoms with Crippen molar-refractivity contribution in [2.45, 2.75) is 6.92 Å². The second kappa shape index (κ2) is 6.99. The second-order valence-corrected chi connectivity index (χ2v) is 2.26. The predicted molar refractivity (Wildman–Crippen MR) is 43.1 cm³/mol. The van der Waals surface area contributed by atoms with Crippen LogP contribution in [0.3, 0.4) is 0 Å². The van der Waals surface area contributed by atoms with Crippen LogP contribution in [0.4, 0.5) is 0 Å². The summed E-state index contributed by atoms with van der Waals surface area (Å²) < 4.78 is 0. The highest BCUT2D eigenvalue weighted by molar-refractivity contribution is 4.54. The topological polar surface area (TPSA) is 35.5 Å². The van der Waals surface area contributed by atoms with Crippen LogP contribution in [0.15, 0.2) is 0 Å². The Morgan fingerprint density at radius 2 is 2.10 bits per heavy atom. The molecule has 3 nitrogen and oxygen atoms in total. The quantitative estimate of drug-likeness (QED) is 0.531. The van der Waals surface area contributed by atoms with Gasteiger partial charge in [-0.25, -0.2) is 0 Å². The molecule has 0 aliphatic rings. The van der Waals surface area contributed by atoms with Crippen molar-refractivity contribution in [3.8, 4) is 0 Å². The monoisotopic (exact) mass is 146 g/mol. The number of nitrogens with zero attached hydrogens (tertiary/aromatic N) is 1. The minimum Gasteiger partial charge on any atom is -0.395 e. The molecule has 3 heteroatoms. The zero-order chi connectivity index (χ0) is 7.82. The summed E-state index contributed by atoms with van der Waals surface area (Å²) >= 11 is 0. The van der Waals surface area contributed by atoms with Crippen LogP contribution in [-0.2, 0) is 0 Å². The van der Waals surface area contributed by atoms with Gasteiger partial charge in [-0.3, -0.25) is 0 Å². The Morgan fingerprint density at radius 3 is 2.50 bits per heavy atom. The van der Waals surface area contributed by atoms with Crippen LogP contribution in [0.1, 0.15) is 6.92 Å². The van der Waals surface area contributed by atoms with Gasteiger partial charge in [0.25, 0.3) is 0 Å². The standard InChI is InChI=1S/C7H18N2O/c1-3-9(6-7-10)5-4-8-2/h8,10H,3-7H2,1-2H3. The Labute approximate surface area is 63.0 Å². The van der Waals surface area contributed by atoms with Gasteiger partial charge in [-0.15, -0.1) is 0 Å². The molecule has 0 aliphatic heterocycles. The summed E-state index contributed by atoms with van der Waals surface area (Å²) in [5, 5.41) is 11.7. The van der Waals surface area contributed by atoms with Crippen LogP contribution in [0.2, 0.25) is 0 Å². The van der Waals surface area contributed by atoms with Gasteiger partial charge in [0.05, 0.1) is 6.61 Å². The highest BCUT2D eigenvalue weighted by Gasteiger charge is 1.97. The van der Waals surface area contributed by atoms with Gasteiger partial charge in [0.1, 0.15) is 0 Å². The summed E-state index contributed by atoms with van der Waals surface area (Å²) in [6.07, 6.45) is 0. The van der Waals surface area contributed by atoms with Crippen molar-refractivity contribution in [3.05, 3.63) is 0 Å². The minimum absolute atomic E-state index is 0.261. The fourth-order valence-corrected chi connectivity index (χ4v) is 0.839. The van der Waals surface area contributed by atoms with E-state index in [0.29, 0.717) is 0 Å². The van der Waals surface area contributed by atoms with Gasteiger partial charge in [-0.2, -0.15) is 0 Å². The molecule has 0 aliphatic carbocycles. The maximum Gasteiger partial charge on any atom is 0.0558 e. The van der Waals surface area contributed by atoms with Crippen LogP contribution in [0, 0.1) is 0 Å². The van der Waals surface area contributed by atoms with E-state index < -0.39 is 0 Å². The first-order chi connectivity index (χ1) is 4.85. The number of likely N-dealkylation sites (N-methyl/N-ethyl adjacent to an activating group) is 2. The Kier molecular flexibility index (Phi) is 6.91. The van der Waals surface area contributed by atoms with Crippen molar-refractivity contribution < 1.29 is 5.11 Å². The minimum atomic E-state index is 0.261. The maximum atomic E-state index is 8.61. The number of rotatable bonds is 6. The lowest BCUT2D eigenvalue weighted by molar-refractivity contribution is 0.203. The third-order valence-corrected chi connectivity index (χ3v) is 1.54. The average molecular weight is 146 g/mol. The zero-order valence-corrected chi connectivity index (χ0v) is 6.93. The van der Waals surface area contributed by atoms with Crippen LogP contribution >= 0.6 is 0 Å². The summed E-state index contributed by atoms with van der Waals surface area (Å²) in [6, 6.07) is 0. The molecule has 0 amide bonds. The molecule has 0 aromatic rings. The van der Waals surface area contributed by atoms with Gasteiger partial charge in [0, 0.05) is 19.6 Å². The van der Waals surface area contributed by atoms with E-state index in [0.717, 1.165) is 26.2 Å². The highest BCUT2D eigenvalue weighted by atomic mass is 16.3. The summed E-state index contributed by atoms with van der Waals surface area (Å²) in [5.41, 5.74) is 0. The highest BCUT2D eigenvalue weighted by Crippen LogP contribution is 1.83. The Morgan fingerprint density at radius 1 is 1.40 bits per heavy atom. The SMILES string of the molecule is CCN(CCO)CCNC. The molecule has 0 radical (unpaired) electrons. The number of nitrogens with one attached hydrogen (secondary N) is 1. The molecule has 0 atom stereocenters. The third kappa shape index (κ3) is 4.73. The van der Waals surface area contributed by atoms with Crippen molar-refractivity contribution in [2.24, 2.45) is 0 Å². The van der Waals surface area contributed by atoms with E-state index in [1.165, 1.54) is 0 Å². The van der Waals surface area contributed by atoms with Crippen molar-refractivity contribution in [3.63, 3.8) is 0 Å². The van der Waals surface area contributed by atoms with Crippen LogP contribution in [0.25, 0.3) is 0 Å². The fourth-order valence-electron chi connectivity index (χ4n) is 0.839. The van der Waals surface area contributed by atoms with Crippen molar-refractivity contribution >= 4 is 0 Å². The van der Waals surface area contributed by atoms with E-state index in [-0.39, 0.29) is 6.61 Å². The lowest BCUT2D eigenvalue weighted by atomic mass is 10.4. The van der Waals surface area contributed by atoms with Gasteiger partial charge >= 0.3 is 0 Å². The van der Waals surface area contributed by atoms with Crippen molar-refractivity contribution in [1.29, 1.82) is 0 Å². The number of aliphatic hydroxyl groups is 1. The molecule has 0 unspecified atom stereocenters. The molecule has 2 N–H and O–H groups in total. The molecule has 0 fully saturated rings. The van der Waals surface area contributed by atoms with E-state index in [2.05, 4.69) is 17.1 Å². The number of hydrogen-bond donors (Lipinski definition) is 2. The molecule has 10 heavy (non-hydrogen) atoms. The molecule has 0 aromatic heterocycles. The summed E-state index contributed by atoms with van der Waals surface area (Å²) in [5.74, 6) is 0. The Bertz CT molecular complexity index is 68.6. The smallest absolute Gasteiger partial charge is 0.0558 e. The molecule has 0 saturated carbocycles. The molecule has 0 heterocycles. The van der Waals surface area contributed by atoms with Gasteiger partial charge < -0.3 is 15.3 Å². The molecule has 0 bridgehead atoms. The third-order valence-electron chi connectivity index (χ3n) is 1.54. The van der Waals surface area contributed by atoms with Gasteiger partial charge in [0.2, 0.25) is 0 Å². The van der Waals surface area contributed by atoms with E-state index in [1.807, 2.05) is 7.05 Å². The first-order valence-electron chi connectivity index (χ1n) is 3.83. The molecule has 0 rings (SSSR count). The maximum absolute atomic E-state index is 8.61. The lowest BCUT2D eigenvalue weighted by Crippen LogP contribution is -2.32. The van der Waals surface area contributed by atoms with Crippen LogP contribution in [0.5, 0.6) is 0 Å². The molecule has 0 aromatic carbocycles. The first kappa shape index (κ1) is 9.88.